The largest absolute Gasteiger partial charge is 0.481 e. The first-order valence-electron chi connectivity index (χ1n) is 4.66. The van der Waals surface area contributed by atoms with Gasteiger partial charge in [0, 0.05) is 6.07 Å². The third kappa shape index (κ3) is 2.78. The molecule has 16 heavy (non-hydrogen) atoms. The topological polar surface area (TPSA) is 108 Å². The molecule has 90 valence electrons. The van der Waals surface area contributed by atoms with Crippen LogP contribution >= 0.6 is 0 Å². The van der Waals surface area contributed by atoms with Crippen molar-refractivity contribution in [2.24, 2.45) is 0 Å². The van der Waals surface area contributed by atoms with E-state index in [9.17, 15) is 0 Å². The van der Waals surface area contributed by atoms with Crippen LogP contribution in [0, 0.1) is 0 Å². The average molecular weight is 229 g/mol. The lowest BCUT2D eigenvalue weighted by Crippen LogP contribution is -2.49. The number of methoxy groups -OCH3 is 1. The quantitative estimate of drug-likeness (QED) is 0.475. The van der Waals surface area contributed by atoms with Gasteiger partial charge in [0.25, 0.3) is 0 Å². The minimum Gasteiger partial charge on any atom is -0.481 e. The molecule has 1 aromatic heterocycles. The Bertz CT molecular complexity index is 322. The van der Waals surface area contributed by atoms with Gasteiger partial charge in [0.15, 0.2) is 0 Å². The molecule has 0 saturated carbocycles. The molecule has 7 heteroatoms. The van der Waals surface area contributed by atoms with E-state index in [-0.39, 0.29) is 0 Å². The Morgan fingerprint density at radius 1 is 1.25 bits per heavy atom. The van der Waals surface area contributed by atoms with Gasteiger partial charge in [-0.1, -0.05) is 0 Å². The van der Waals surface area contributed by atoms with Gasteiger partial charge in [-0.3, -0.25) is 0 Å². The van der Waals surface area contributed by atoms with Gasteiger partial charge in [-0.25, -0.2) is 9.97 Å². The lowest BCUT2D eigenvalue weighted by Gasteiger charge is -2.29. The van der Waals surface area contributed by atoms with E-state index in [2.05, 4.69) is 15.3 Å². The molecule has 0 saturated heterocycles. The molecule has 0 amide bonds. The minimum absolute atomic E-state index is 0.347. The molecule has 0 aliphatic heterocycles. The number of nitrogens with one attached hydrogen (secondary N) is 1. The van der Waals surface area contributed by atoms with Crippen LogP contribution in [0.2, 0.25) is 0 Å². The second-order valence-corrected chi connectivity index (χ2v) is 3.33. The van der Waals surface area contributed by atoms with Crippen molar-refractivity contribution in [1.29, 1.82) is 0 Å². The normalized spacial score (nSPS) is 11.2. The maximum absolute atomic E-state index is 9.11. The van der Waals surface area contributed by atoms with Crippen LogP contribution < -0.4 is 10.1 Å². The van der Waals surface area contributed by atoms with Crippen molar-refractivity contribution in [2.45, 2.75) is 5.54 Å². The monoisotopic (exact) mass is 229 g/mol. The number of hydrogen-bond acceptors (Lipinski definition) is 7. The Balaban J connectivity index is 2.84. The standard InChI is InChI=1S/C9H15N3O4/c1-16-8-2-7(10-6-11-8)12-9(3-13,4-14)5-15/h2,6,13-15H,3-5H2,1H3,(H,10,11,12). The molecule has 0 atom stereocenters. The van der Waals surface area contributed by atoms with Crippen molar-refractivity contribution < 1.29 is 20.1 Å². The molecule has 7 nitrogen and oxygen atoms in total. The smallest absolute Gasteiger partial charge is 0.218 e. The van der Waals surface area contributed by atoms with Crippen molar-refractivity contribution in [3.05, 3.63) is 12.4 Å². The van der Waals surface area contributed by atoms with E-state index in [1.807, 2.05) is 0 Å². The third-order valence-electron chi connectivity index (χ3n) is 2.15. The van der Waals surface area contributed by atoms with Crippen LogP contribution in [0.15, 0.2) is 12.4 Å². The summed E-state index contributed by atoms with van der Waals surface area (Å²) in [6, 6.07) is 1.50. The van der Waals surface area contributed by atoms with Crippen LogP contribution in [0.5, 0.6) is 5.88 Å². The molecule has 1 rings (SSSR count). The summed E-state index contributed by atoms with van der Waals surface area (Å²) in [6.07, 6.45) is 1.28. The zero-order chi connectivity index (χ0) is 12.0. The summed E-state index contributed by atoms with van der Waals surface area (Å²) in [7, 11) is 1.46. The molecule has 0 radical (unpaired) electrons. The minimum atomic E-state index is -1.21. The SMILES string of the molecule is COc1cc(NC(CO)(CO)CO)ncn1. The first-order chi connectivity index (χ1) is 7.69. The van der Waals surface area contributed by atoms with E-state index in [1.54, 1.807) is 0 Å². The fourth-order valence-electron chi connectivity index (χ4n) is 1.06. The second-order valence-electron chi connectivity index (χ2n) is 3.33. The van der Waals surface area contributed by atoms with E-state index >= 15 is 0 Å². The predicted octanol–water partition coefficient (Wildman–Crippen LogP) is -1.39. The zero-order valence-corrected chi connectivity index (χ0v) is 8.92. The lowest BCUT2D eigenvalue weighted by molar-refractivity contribution is 0.0830. The van der Waals surface area contributed by atoms with Crippen LogP contribution in [0.4, 0.5) is 5.82 Å². The number of rotatable bonds is 6. The fraction of sp³-hybridized carbons (Fsp3) is 0.556. The van der Waals surface area contributed by atoms with Crippen LogP contribution in [-0.2, 0) is 0 Å². The summed E-state index contributed by atoms with van der Waals surface area (Å²) in [6.45, 7) is -1.27. The highest BCUT2D eigenvalue weighted by atomic mass is 16.5. The van der Waals surface area contributed by atoms with Crippen LogP contribution in [-0.4, -0.2) is 57.8 Å². The van der Waals surface area contributed by atoms with Crippen LogP contribution in [0.3, 0.4) is 0 Å². The third-order valence-corrected chi connectivity index (χ3v) is 2.15. The van der Waals surface area contributed by atoms with Crippen LogP contribution in [0.25, 0.3) is 0 Å². The van der Waals surface area contributed by atoms with Crippen molar-refractivity contribution in [3.8, 4) is 5.88 Å². The first kappa shape index (κ1) is 12.6. The number of hydrogen-bond donors (Lipinski definition) is 4. The van der Waals surface area contributed by atoms with Gasteiger partial charge < -0.3 is 25.4 Å². The van der Waals surface area contributed by atoms with E-state index in [4.69, 9.17) is 20.1 Å². The molecule has 0 aromatic carbocycles. The molecule has 4 N–H and O–H groups in total. The van der Waals surface area contributed by atoms with Crippen molar-refractivity contribution in [3.63, 3.8) is 0 Å². The molecule has 0 fully saturated rings. The predicted molar refractivity (Wildman–Crippen MR) is 56.2 cm³/mol. The molecular formula is C9H15N3O4. The Morgan fingerprint density at radius 3 is 2.38 bits per heavy atom. The van der Waals surface area contributed by atoms with E-state index in [0.717, 1.165) is 0 Å². The molecule has 0 spiro atoms. The van der Waals surface area contributed by atoms with Gasteiger partial charge in [0.2, 0.25) is 5.88 Å². The zero-order valence-electron chi connectivity index (χ0n) is 8.92. The first-order valence-corrected chi connectivity index (χ1v) is 4.66. The number of aromatic nitrogens is 2. The maximum Gasteiger partial charge on any atom is 0.218 e. The molecule has 0 bridgehead atoms. The summed E-state index contributed by atoms with van der Waals surface area (Å²) in [5.41, 5.74) is -1.21. The maximum atomic E-state index is 9.11. The van der Waals surface area contributed by atoms with Crippen molar-refractivity contribution in [1.82, 2.24) is 9.97 Å². The number of anilines is 1. The fourth-order valence-corrected chi connectivity index (χ4v) is 1.06. The molecule has 0 unspecified atom stereocenters. The molecule has 1 heterocycles. The Hall–Kier alpha value is -1.44. The van der Waals surface area contributed by atoms with Crippen molar-refractivity contribution >= 4 is 5.82 Å². The summed E-state index contributed by atoms with van der Waals surface area (Å²) in [5.74, 6) is 0.698. The van der Waals surface area contributed by atoms with Gasteiger partial charge in [-0.2, -0.15) is 0 Å². The average Bonchev–Trinajstić information content (AvgIpc) is 2.36. The number of aliphatic hydroxyl groups is 3. The molecule has 0 aliphatic carbocycles. The highest BCUT2D eigenvalue weighted by Gasteiger charge is 2.28. The Labute approximate surface area is 92.7 Å². The van der Waals surface area contributed by atoms with E-state index < -0.39 is 25.4 Å². The highest BCUT2D eigenvalue weighted by Crippen LogP contribution is 2.15. The van der Waals surface area contributed by atoms with Gasteiger partial charge in [0.1, 0.15) is 17.7 Å². The molecule has 1 aromatic rings. The highest BCUT2D eigenvalue weighted by molar-refractivity contribution is 5.40. The molecule has 0 aliphatic rings. The van der Waals surface area contributed by atoms with Crippen molar-refractivity contribution in [2.75, 3.05) is 32.2 Å². The van der Waals surface area contributed by atoms with Gasteiger partial charge in [0.05, 0.1) is 26.9 Å². The Kier molecular flexibility index (Phi) is 4.41. The summed E-state index contributed by atoms with van der Waals surface area (Å²) in [4.78, 5) is 7.69. The molecular weight excluding hydrogens is 214 g/mol. The van der Waals surface area contributed by atoms with Gasteiger partial charge in [-0.15, -0.1) is 0 Å². The number of nitrogens with zero attached hydrogens (tertiary/aromatic N) is 2. The van der Waals surface area contributed by atoms with E-state index in [1.165, 1.54) is 19.5 Å². The number of aliphatic hydroxyl groups excluding tert-OH is 3. The van der Waals surface area contributed by atoms with E-state index in [0.29, 0.717) is 11.7 Å². The summed E-state index contributed by atoms with van der Waals surface area (Å²) >= 11 is 0. The second kappa shape index (κ2) is 5.59. The van der Waals surface area contributed by atoms with Gasteiger partial charge >= 0.3 is 0 Å². The van der Waals surface area contributed by atoms with Crippen LogP contribution in [0.1, 0.15) is 0 Å². The van der Waals surface area contributed by atoms with Gasteiger partial charge in [-0.05, 0) is 0 Å². The lowest BCUT2D eigenvalue weighted by atomic mass is 10.0. The number of ether oxygens (including phenoxy) is 1. The summed E-state index contributed by atoms with van der Waals surface area (Å²) < 4.78 is 4.89. The Morgan fingerprint density at radius 2 is 1.88 bits per heavy atom. The summed E-state index contributed by atoms with van der Waals surface area (Å²) in [5, 5.41) is 30.1.